The van der Waals surface area contributed by atoms with E-state index in [1.54, 1.807) is 0 Å². The topological polar surface area (TPSA) is 80.2 Å². The number of carboxylic acid groups (broad SMARTS) is 1. The Bertz CT molecular complexity index is 1060. The molecular formula is C26H26N2O4. The molecule has 0 aliphatic heterocycles. The molecular weight excluding hydrogens is 404 g/mol. The molecule has 1 saturated carbocycles. The Hall–Kier alpha value is -3.80. The summed E-state index contributed by atoms with van der Waals surface area (Å²) in [6, 6.07) is 25.8. The van der Waals surface area contributed by atoms with Crippen molar-refractivity contribution < 1.29 is 19.5 Å². The normalized spacial score (nSPS) is 17.5. The molecule has 32 heavy (non-hydrogen) atoms. The number of aliphatic carboxylic acids is 1. The molecule has 1 aliphatic carbocycles. The van der Waals surface area contributed by atoms with Gasteiger partial charge in [-0.25, -0.2) is 0 Å². The third-order valence-corrected chi connectivity index (χ3v) is 5.55. The van der Waals surface area contributed by atoms with Crippen molar-refractivity contribution in [1.82, 2.24) is 0 Å². The Morgan fingerprint density at radius 1 is 1.03 bits per heavy atom. The Kier molecular flexibility index (Phi) is 6.70. The summed E-state index contributed by atoms with van der Waals surface area (Å²) < 4.78 is 5.89. The lowest BCUT2D eigenvalue weighted by Gasteiger charge is -2.11. The predicted molar refractivity (Wildman–Crippen MR) is 124 cm³/mol. The van der Waals surface area contributed by atoms with Gasteiger partial charge in [-0.3, -0.25) is 4.79 Å². The smallest absolute Gasteiger partial charge is 0.307 e. The number of nitrogens with zero attached hydrogens (tertiary/aromatic N) is 1. The van der Waals surface area contributed by atoms with Gasteiger partial charge >= 0.3 is 5.97 Å². The van der Waals surface area contributed by atoms with Crippen LogP contribution in [-0.2, 0) is 16.2 Å². The van der Waals surface area contributed by atoms with Crippen LogP contribution in [0.5, 0.6) is 5.75 Å². The molecule has 6 nitrogen and oxygen atoms in total. The SMILES string of the molecule is CON=C(COc1ccc(CNc2ccc([C@@H]3C[C@H]3C(=O)O)cc2)cc1)c1ccccc1. The minimum Gasteiger partial charge on any atom is -0.487 e. The number of anilines is 1. The van der Waals surface area contributed by atoms with Gasteiger partial charge in [0.2, 0.25) is 0 Å². The van der Waals surface area contributed by atoms with Crippen LogP contribution >= 0.6 is 0 Å². The van der Waals surface area contributed by atoms with E-state index >= 15 is 0 Å². The van der Waals surface area contributed by atoms with E-state index in [1.165, 1.54) is 7.11 Å². The molecule has 2 N–H and O–H groups in total. The summed E-state index contributed by atoms with van der Waals surface area (Å²) in [5.41, 5.74) is 4.91. The van der Waals surface area contributed by atoms with Gasteiger partial charge in [-0.15, -0.1) is 0 Å². The van der Waals surface area contributed by atoms with E-state index in [-0.39, 0.29) is 11.8 Å². The second-order valence-electron chi connectivity index (χ2n) is 7.78. The van der Waals surface area contributed by atoms with Gasteiger partial charge in [0, 0.05) is 17.8 Å². The monoisotopic (exact) mass is 430 g/mol. The zero-order chi connectivity index (χ0) is 22.3. The van der Waals surface area contributed by atoms with E-state index in [2.05, 4.69) is 10.5 Å². The summed E-state index contributed by atoms with van der Waals surface area (Å²) in [6.07, 6.45) is 0.737. The van der Waals surface area contributed by atoms with Gasteiger partial charge in [-0.1, -0.05) is 59.8 Å². The molecule has 0 heterocycles. The first-order valence-corrected chi connectivity index (χ1v) is 10.6. The second kappa shape index (κ2) is 10.0. The maximum atomic E-state index is 11.0. The molecule has 3 aromatic carbocycles. The Labute approximate surface area is 187 Å². The fraction of sp³-hybridized carbons (Fsp3) is 0.231. The molecule has 0 saturated heterocycles. The summed E-state index contributed by atoms with van der Waals surface area (Å²) in [5, 5.41) is 16.5. The summed E-state index contributed by atoms with van der Waals surface area (Å²) in [5.74, 6) is -0.00771. The minimum atomic E-state index is -0.702. The van der Waals surface area contributed by atoms with Crippen LogP contribution in [0.2, 0.25) is 0 Å². The Morgan fingerprint density at radius 3 is 2.38 bits per heavy atom. The quantitative estimate of drug-likeness (QED) is 0.353. The Balaban J connectivity index is 1.27. The van der Waals surface area contributed by atoms with Crippen molar-refractivity contribution >= 4 is 17.4 Å². The van der Waals surface area contributed by atoms with Crippen LogP contribution < -0.4 is 10.1 Å². The first-order chi connectivity index (χ1) is 15.6. The molecule has 164 valence electrons. The first kappa shape index (κ1) is 21.4. The van der Waals surface area contributed by atoms with Crippen molar-refractivity contribution in [3.8, 4) is 5.75 Å². The average Bonchev–Trinajstić information content (AvgIpc) is 3.63. The maximum Gasteiger partial charge on any atom is 0.307 e. The highest BCUT2D eigenvalue weighted by molar-refractivity contribution is 6.01. The molecule has 0 aromatic heterocycles. The Morgan fingerprint density at radius 2 is 1.75 bits per heavy atom. The average molecular weight is 431 g/mol. The summed E-state index contributed by atoms with van der Waals surface area (Å²) >= 11 is 0. The van der Waals surface area contributed by atoms with E-state index in [0.29, 0.717) is 13.2 Å². The van der Waals surface area contributed by atoms with E-state index in [1.807, 2.05) is 78.9 Å². The molecule has 1 aliphatic rings. The molecule has 0 unspecified atom stereocenters. The van der Waals surface area contributed by atoms with Crippen LogP contribution in [0.25, 0.3) is 0 Å². The fourth-order valence-corrected chi connectivity index (χ4v) is 3.65. The lowest BCUT2D eigenvalue weighted by atomic mass is 10.1. The lowest BCUT2D eigenvalue weighted by Crippen LogP contribution is -2.13. The standard InChI is InChI=1S/C26H26N2O4/c1-31-28-25(20-5-3-2-4-6-20)17-32-22-13-7-18(8-14-22)16-27-21-11-9-19(10-12-21)23-15-24(23)26(29)30/h2-14,23-24,27H,15-17H2,1H3,(H,29,30)/t23-,24+/m0/s1. The van der Waals surface area contributed by atoms with E-state index in [4.69, 9.17) is 14.7 Å². The minimum absolute atomic E-state index is 0.158. The van der Waals surface area contributed by atoms with Gasteiger partial charge in [0.25, 0.3) is 0 Å². The number of rotatable bonds is 10. The second-order valence-corrected chi connectivity index (χ2v) is 7.78. The molecule has 0 amide bonds. The molecule has 0 spiro atoms. The maximum absolute atomic E-state index is 11.0. The van der Waals surface area contributed by atoms with Gasteiger partial charge < -0.3 is 20.0 Å². The van der Waals surface area contributed by atoms with Crippen molar-refractivity contribution in [2.75, 3.05) is 19.0 Å². The van der Waals surface area contributed by atoms with Crippen molar-refractivity contribution in [3.63, 3.8) is 0 Å². The summed E-state index contributed by atoms with van der Waals surface area (Å²) in [6.45, 7) is 0.993. The van der Waals surface area contributed by atoms with Crippen molar-refractivity contribution in [2.45, 2.75) is 18.9 Å². The van der Waals surface area contributed by atoms with Crippen molar-refractivity contribution in [2.24, 2.45) is 11.1 Å². The third-order valence-electron chi connectivity index (χ3n) is 5.55. The van der Waals surface area contributed by atoms with Gasteiger partial charge in [0.15, 0.2) is 0 Å². The van der Waals surface area contributed by atoms with E-state index in [0.717, 1.165) is 40.3 Å². The molecule has 2 atom stereocenters. The van der Waals surface area contributed by atoms with Crippen LogP contribution in [0.3, 0.4) is 0 Å². The third kappa shape index (κ3) is 5.46. The molecule has 4 rings (SSSR count). The summed E-state index contributed by atoms with van der Waals surface area (Å²) in [7, 11) is 1.52. The molecule has 0 bridgehead atoms. The molecule has 6 heteroatoms. The molecule has 1 fully saturated rings. The first-order valence-electron chi connectivity index (χ1n) is 10.6. The fourth-order valence-electron chi connectivity index (χ4n) is 3.65. The predicted octanol–water partition coefficient (Wildman–Crippen LogP) is 4.92. The highest BCUT2D eigenvalue weighted by Crippen LogP contribution is 2.47. The van der Waals surface area contributed by atoms with Crippen LogP contribution in [0.4, 0.5) is 5.69 Å². The number of carboxylic acids is 1. The molecule has 3 aromatic rings. The van der Waals surface area contributed by atoms with Crippen molar-refractivity contribution in [1.29, 1.82) is 0 Å². The number of nitrogens with one attached hydrogen (secondary N) is 1. The van der Waals surface area contributed by atoms with Crippen LogP contribution in [0, 0.1) is 5.92 Å². The lowest BCUT2D eigenvalue weighted by molar-refractivity contribution is -0.138. The van der Waals surface area contributed by atoms with Gasteiger partial charge in [-0.05, 0) is 47.7 Å². The number of hydrogen-bond acceptors (Lipinski definition) is 5. The zero-order valence-corrected chi connectivity index (χ0v) is 17.9. The van der Waals surface area contributed by atoms with Gasteiger partial charge in [0.05, 0.1) is 5.92 Å². The highest BCUT2D eigenvalue weighted by Gasteiger charge is 2.43. The van der Waals surface area contributed by atoms with Gasteiger partial charge in [0.1, 0.15) is 25.2 Å². The number of hydrogen-bond donors (Lipinski definition) is 2. The van der Waals surface area contributed by atoms with Crippen LogP contribution in [-0.4, -0.2) is 30.5 Å². The summed E-state index contributed by atoms with van der Waals surface area (Å²) in [4.78, 5) is 16.0. The van der Waals surface area contributed by atoms with Gasteiger partial charge in [-0.2, -0.15) is 0 Å². The number of oxime groups is 1. The highest BCUT2D eigenvalue weighted by atomic mass is 16.6. The van der Waals surface area contributed by atoms with Crippen LogP contribution in [0.15, 0.2) is 84.0 Å². The molecule has 0 radical (unpaired) electrons. The van der Waals surface area contributed by atoms with E-state index in [9.17, 15) is 4.79 Å². The van der Waals surface area contributed by atoms with E-state index < -0.39 is 5.97 Å². The number of ether oxygens (including phenoxy) is 1. The van der Waals surface area contributed by atoms with Crippen molar-refractivity contribution in [3.05, 3.63) is 95.6 Å². The zero-order valence-electron chi connectivity index (χ0n) is 17.9. The number of carbonyl (C=O) groups is 1. The largest absolute Gasteiger partial charge is 0.487 e. The number of benzene rings is 3. The van der Waals surface area contributed by atoms with Crippen LogP contribution in [0.1, 0.15) is 29.0 Å².